The Morgan fingerprint density at radius 2 is 1.82 bits per heavy atom. The van der Waals surface area contributed by atoms with E-state index in [2.05, 4.69) is 26.4 Å². The number of carbonyl (C=O) groups is 2. The summed E-state index contributed by atoms with van der Waals surface area (Å²) in [4.78, 5) is 23.6. The van der Waals surface area contributed by atoms with E-state index < -0.39 is 23.6 Å². The van der Waals surface area contributed by atoms with Gasteiger partial charge < -0.3 is 14.9 Å². The summed E-state index contributed by atoms with van der Waals surface area (Å²) in [6.45, 7) is 0. The molecule has 0 saturated carbocycles. The average molecular weight is 455 g/mol. The largest absolute Gasteiger partial charge is 0.478 e. The average Bonchev–Trinajstić information content (AvgIpc) is 3.12. The Balaban J connectivity index is 1.90. The van der Waals surface area contributed by atoms with Crippen LogP contribution in [0.2, 0.25) is 0 Å². The van der Waals surface area contributed by atoms with E-state index in [9.17, 15) is 27.9 Å². The maximum Gasteiger partial charge on any atom is 0.417 e. The van der Waals surface area contributed by atoms with Gasteiger partial charge in [0.15, 0.2) is 11.5 Å². The summed E-state index contributed by atoms with van der Waals surface area (Å²) in [6, 6.07) is 9.96. The first-order valence-corrected chi connectivity index (χ1v) is 8.43. The molecule has 3 rings (SSSR count). The van der Waals surface area contributed by atoms with Crippen molar-refractivity contribution in [2.45, 2.75) is 6.18 Å². The Labute approximate surface area is 164 Å². The van der Waals surface area contributed by atoms with Crippen molar-refractivity contribution < 1.29 is 32.4 Å². The van der Waals surface area contributed by atoms with Gasteiger partial charge in [-0.25, -0.2) is 4.79 Å². The first kappa shape index (κ1) is 19.6. The molecule has 1 heterocycles. The summed E-state index contributed by atoms with van der Waals surface area (Å²) >= 11 is 3.13. The number of hydrogen-bond acceptors (Lipinski definition) is 4. The molecule has 10 heteroatoms. The normalized spacial score (nSPS) is 11.3. The Morgan fingerprint density at radius 1 is 1.11 bits per heavy atom. The van der Waals surface area contributed by atoms with Crippen LogP contribution in [0.1, 0.15) is 26.4 Å². The second kappa shape index (κ2) is 7.47. The van der Waals surface area contributed by atoms with Gasteiger partial charge in [0, 0.05) is 16.1 Å². The lowest BCUT2D eigenvalue weighted by Crippen LogP contribution is -2.15. The quantitative estimate of drug-likeness (QED) is 0.573. The van der Waals surface area contributed by atoms with Gasteiger partial charge >= 0.3 is 12.1 Å². The summed E-state index contributed by atoms with van der Waals surface area (Å²) in [5.41, 5.74) is -1.67. The molecule has 6 nitrogen and oxygen atoms in total. The lowest BCUT2D eigenvalue weighted by molar-refractivity contribution is -0.137. The van der Waals surface area contributed by atoms with Gasteiger partial charge in [-0.1, -0.05) is 39.3 Å². The van der Waals surface area contributed by atoms with Crippen molar-refractivity contribution >= 4 is 33.5 Å². The molecule has 0 unspecified atom stereocenters. The number of carbonyl (C=O) groups excluding carboxylic acids is 1. The first-order valence-electron chi connectivity index (χ1n) is 7.64. The van der Waals surface area contributed by atoms with Crippen LogP contribution in [0.15, 0.2) is 57.5 Å². The van der Waals surface area contributed by atoms with Crippen LogP contribution in [0.3, 0.4) is 0 Å². The van der Waals surface area contributed by atoms with Crippen molar-refractivity contribution in [1.82, 2.24) is 5.16 Å². The standard InChI is InChI=1S/C18H10BrF3N2O4/c19-9-5-6-13(11(7-9)17(26)27)23-16(25)14-8-15(28-24-14)10-3-1-2-4-12(10)18(20,21)22/h1-8H,(H,23,25)(H,26,27). The molecule has 0 aliphatic carbocycles. The number of aromatic carboxylic acids is 1. The van der Waals surface area contributed by atoms with Crippen molar-refractivity contribution in [3.05, 3.63) is 69.8 Å². The van der Waals surface area contributed by atoms with Crippen LogP contribution in [0.5, 0.6) is 0 Å². The number of carboxylic acids is 1. The van der Waals surface area contributed by atoms with E-state index in [0.29, 0.717) is 4.47 Å². The molecule has 2 N–H and O–H groups in total. The minimum atomic E-state index is -4.61. The van der Waals surface area contributed by atoms with Gasteiger partial charge in [-0.15, -0.1) is 0 Å². The van der Waals surface area contributed by atoms with E-state index in [-0.39, 0.29) is 28.3 Å². The monoisotopic (exact) mass is 454 g/mol. The highest BCUT2D eigenvalue weighted by Gasteiger charge is 2.34. The lowest BCUT2D eigenvalue weighted by atomic mass is 10.0. The highest BCUT2D eigenvalue weighted by Crippen LogP contribution is 2.37. The zero-order valence-electron chi connectivity index (χ0n) is 13.7. The van der Waals surface area contributed by atoms with E-state index in [4.69, 9.17) is 4.52 Å². The molecule has 144 valence electrons. The molecular formula is C18H10BrF3N2O4. The SMILES string of the molecule is O=C(Nc1ccc(Br)cc1C(=O)O)c1cc(-c2ccccc2C(F)(F)F)on1. The maximum atomic E-state index is 13.1. The summed E-state index contributed by atoms with van der Waals surface area (Å²) in [6.07, 6.45) is -4.61. The van der Waals surface area contributed by atoms with Gasteiger partial charge in [-0.05, 0) is 24.3 Å². The zero-order valence-corrected chi connectivity index (χ0v) is 15.3. The second-order valence-electron chi connectivity index (χ2n) is 5.57. The van der Waals surface area contributed by atoms with Crippen LogP contribution in [0.25, 0.3) is 11.3 Å². The highest BCUT2D eigenvalue weighted by molar-refractivity contribution is 9.10. The molecule has 28 heavy (non-hydrogen) atoms. The van der Waals surface area contributed by atoms with Crippen LogP contribution in [0, 0.1) is 0 Å². The van der Waals surface area contributed by atoms with Crippen LogP contribution in [-0.2, 0) is 6.18 Å². The number of benzene rings is 2. The number of anilines is 1. The number of nitrogens with zero attached hydrogens (tertiary/aromatic N) is 1. The molecule has 0 atom stereocenters. The van der Waals surface area contributed by atoms with Gasteiger partial charge in [0.2, 0.25) is 0 Å². The molecule has 0 spiro atoms. The van der Waals surface area contributed by atoms with Crippen molar-refractivity contribution in [3.8, 4) is 11.3 Å². The minimum Gasteiger partial charge on any atom is -0.478 e. The fraction of sp³-hybridized carbons (Fsp3) is 0.0556. The number of carboxylic acid groups (broad SMARTS) is 1. The molecule has 1 amide bonds. The molecule has 2 aromatic carbocycles. The third kappa shape index (κ3) is 4.06. The van der Waals surface area contributed by atoms with E-state index >= 15 is 0 Å². The van der Waals surface area contributed by atoms with Gasteiger partial charge in [-0.3, -0.25) is 4.79 Å². The Bertz CT molecular complexity index is 1060. The topological polar surface area (TPSA) is 92.4 Å². The predicted molar refractivity (Wildman–Crippen MR) is 96.0 cm³/mol. The number of amides is 1. The van der Waals surface area contributed by atoms with E-state index in [1.165, 1.54) is 36.4 Å². The van der Waals surface area contributed by atoms with Crippen molar-refractivity contribution in [2.24, 2.45) is 0 Å². The Hall–Kier alpha value is -3.14. The molecule has 0 aliphatic heterocycles. The van der Waals surface area contributed by atoms with Gasteiger partial charge in [0.25, 0.3) is 5.91 Å². The number of rotatable bonds is 4. The smallest absolute Gasteiger partial charge is 0.417 e. The van der Waals surface area contributed by atoms with E-state index in [1.807, 2.05) is 0 Å². The maximum absolute atomic E-state index is 13.1. The van der Waals surface area contributed by atoms with Crippen LogP contribution >= 0.6 is 15.9 Å². The second-order valence-corrected chi connectivity index (χ2v) is 6.48. The lowest BCUT2D eigenvalue weighted by Gasteiger charge is -2.09. The fourth-order valence-corrected chi connectivity index (χ4v) is 2.80. The Morgan fingerprint density at radius 3 is 2.50 bits per heavy atom. The molecule has 1 aromatic heterocycles. The number of hydrogen-bond donors (Lipinski definition) is 2. The van der Waals surface area contributed by atoms with Crippen LogP contribution in [-0.4, -0.2) is 22.1 Å². The predicted octanol–water partition coefficient (Wildman–Crippen LogP) is 5.07. The van der Waals surface area contributed by atoms with Gasteiger partial charge in [-0.2, -0.15) is 13.2 Å². The molecule has 0 radical (unpaired) electrons. The molecular weight excluding hydrogens is 445 g/mol. The summed E-state index contributed by atoms with van der Waals surface area (Å²) in [7, 11) is 0. The summed E-state index contributed by atoms with van der Waals surface area (Å²) in [5.74, 6) is -2.34. The third-order valence-electron chi connectivity index (χ3n) is 3.70. The number of alkyl halides is 3. The molecule has 0 bridgehead atoms. The third-order valence-corrected chi connectivity index (χ3v) is 4.19. The van der Waals surface area contributed by atoms with E-state index in [1.54, 1.807) is 0 Å². The van der Waals surface area contributed by atoms with Gasteiger partial charge in [0.1, 0.15) is 0 Å². The minimum absolute atomic E-state index is 0.000872. The van der Waals surface area contributed by atoms with Crippen molar-refractivity contribution in [1.29, 1.82) is 0 Å². The number of nitrogens with one attached hydrogen (secondary N) is 1. The number of aromatic nitrogens is 1. The zero-order chi connectivity index (χ0) is 20.5. The summed E-state index contributed by atoms with van der Waals surface area (Å²) in [5, 5.41) is 15.1. The summed E-state index contributed by atoms with van der Waals surface area (Å²) < 4.78 is 44.8. The van der Waals surface area contributed by atoms with Crippen molar-refractivity contribution in [2.75, 3.05) is 5.32 Å². The molecule has 0 fully saturated rings. The van der Waals surface area contributed by atoms with Crippen molar-refractivity contribution in [3.63, 3.8) is 0 Å². The fourth-order valence-electron chi connectivity index (χ4n) is 2.44. The van der Waals surface area contributed by atoms with Crippen LogP contribution in [0.4, 0.5) is 18.9 Å². The first-order chi connectivity index (χ1) is 13.2. The van der Waals surface area contributed by atoms with Crippen LogP contribution < -0.4 is 5.32 Å². The molecule has 3 aromatic rings. The molecule has 0 saturated heterocycles. The van der Waals surface area contributed by atoms with E-state index in [0.717, 1.165) is 12.1 Å². The van der Waals surface area contributed by atoms with Gasteiger partial charge in [0.05, 0.1) is 16.8 Å². The Kier molecular flexibility index (Phi) is 5.23. The number of halogens is 4. The molecule has 0 aliphatic rings. The highest BCUT2D eigenvalue weighted by atomic mass is 79.9.